The fourth-order valence-corrected chi connectivity index (χ4v) is 3.30. The third kappa shape index (κ3) is 4.71. The Morgan fingerprint density at radius 2 is 1.59 bits per heavy atom. The van der Waals surface area contributed by atoms with Crippen LogP contribution < -0.4 is 4.74 Å². The molecule has 11 heteroatoms. The molecule has 1 saturated heterocycles. The number of phenols is 4. The van der Waals surface area contributed by atoms with Gasteiger partial charge in [-0.3, -0.25) is 4.79 Å². The first-order valence-corrected chi connectivity index (χ1v) is 9.70. The molecule has 1 aliphatic heterocycles. The minimum atomic E-state index is -1.78. The van der Waals surface area contributed by atoms with Crippen molar-refractivity contribution in [2.75, 3.05) is 6.61 Å². The minimum Gasteiger partial charge on any atom is -0.504 e. The number of ether oxygens (including phenoxy) is 2. The summed E-state index contributed by atoms with van der Waals surface area (Å²) in [6.07, 6.45) is -8.00. The van der Waals surface area contributed by atoms with E-state index in [2.05, 4.69) is 0 Å². The molecule has 0 saturated carbocycles. The van der Waals surface area contributed by atoms with E-state index in [1.807, 2.05) is 0 Å². The number of hydrogen-bond acceptors (Lipinski definition) is 11. The molecular formula is C21H24O11. The Bertz CT molecular complexity index is 974. The normalized spacial score (nSPS) is 25.4. The summed E-state index contributed by atoms with van der Waals surface area (Å²) >= 11 is 0. The molecule has 0 bridgehead atoms. The van der Waals surface area contributed by atoms with Gasteiger partial charge >= 0.3 is 0 Å². The summed E-state index contributed by atoms with van der Waals surface area (Å²) in [5.74, 6) is -3.08. The van der Waals surface area contributed by atoms with E-state index in [-0.39, 0.29) is 29.9 Å². The van der Waals surface area contributed by atoms with Gasteiger partial charge in [0.15, 0.2) is 28.8 Å². The number of aliphatic hydroxyl groups is 4. The van der Waals surface area contributed by atoms with E-state index in [0.717, 1.165) is 6.07 Å². The molecule has 5 atom stereocenters. The van der Waals surface area contributed by atoms with Crippen molar-refractivity contribution in [3.63, 3.8) is 0 Å². The van der Waals surface area contributed by atoms with Gasteiger partial charge < -0.3 is 50.3 Å². The van der Waals surface area contributed by atoms with Gasteiger partial charge in [-0.15, -0.1) is 0 Å². The Morgan fingerprint density at radius 3 is 2.25 bits per heavy atom. The van der Waals surface area contributed by atoms with E-state index >= 15 is 0 Å². The summed E-state index contributed by atoms with van der Waals surface area (Å²) in [6.45, 7) is -0.700. The quantitative estimate of drug-likeness (QED) is 0.199. The molecule has 32 heavy (non-hydrogen) atoms. The maximum absolute atomic E-state index is 12.6. The summed E-state index contributed by atoms with van der Waals surface area (Å²) in [6, 6.07) is 6.35. The molecule has 1 fully saturated rings. The zero-order valence-corrected chi connectivity index (χ0v) is 16.7. The van der Waals surface area contributed by atoms with Crippen LogP contribution in [0.15, 0.2) is 30.3 Å². The lowest BCUT2D eigenvalue weighted by Crippen LogP contribution is -2.60. The molecule has 1 heterocycles. The number of hydrogen-bond donors (Lipinski definition) is 8. The number of Topliss-reactive ketones (excluding diaryl/α,β-unsaturated/α-hetero) is 1. The van der Waals surface area contributed by atoms with Gasteiger partial charge in [-0.25, -0.2) is 0 Å². The van der Waals surface area contributed by atoms with Gasteiger partial charge in [-0.2, -0.15) is 0 Å². The number of rotatable bonds is 7. The second-order valence-electron chi connectivity index (χ2n) is 7.37. The summed E-state index contributed by atoms with van der Waals surface area (Å²) in [7, 11) is 0. The number of aromatic hydroxyl groups is 4. The summed E-state index contributed by atoms with van der Waals surface area (Å²) in [5, 5.41) is 78.5. The second-order valence-corrected chi connectivity index (χ2v) is 7.37. The zero-order chi connectivity index (χ0) is 23.6. The number of aliphatic hydroxyl groups excluding tert-OH is 4. The predicted octanol–water partition coefficient (Wildman–Crippen LogP) is -0.497. The lowest BCUT2D eigenvalue weighted by atomic mass is 9.99. The molecule has 0 amide bonds. The fourth-order valence-electron chi connectivity index (χ4n) is 3.30. The second kappa shape index (κ2) is 9.59. The Hall–Kier alpha value is -3.09. The molecule has 8 N–H and O–H groups in total. The molecule has 2 aromatic rings. The number of carbonyl (C=O) groups is 1. The Labute approximate surface area is 182 Å². The van der Waals surface area contributed by atoms with Crippen LogP contribution in [0.2, 0.25) is 0 Å². The van der Waals surface area contributed by atoms with Crippen LogP contribution >= 0.6 is 0 Å². The minimum absolute atomic E-state index is 0.0952. The molecule has 2 aromatic carbocycles. The van der Waals surface area contributed by atoms with E-state index in [1.165, 1.54) is 24.3 Å². The van der Waals surface area contributed by atoms with Crippen molar-refractivity contribution < 1.29 is 55.1 Å². The molecule has 0 aromatic heterocycles. The van der Waals surface area contributed by atoms with Gasteiger partial charge in [0.05, 0.1) is 12.2 Å². The summed E-state index contributed by atoms with van der Waals surface area (Å²) < 4.78 is 10.5. The Kier molecular flexibility index (Phi) is 7.06. The van der Waals surface area contributed by atoms with Crippen molar-refractivity contribution >= 4 is 5.78 Å². The monoisotopic (exact) mass is 452 g/mol. The van der Waals surface area contributed by atoms with E-state index in [1.54, 1.807) is 0 Å². The van der Waals surface area contributed by atoms with Gasteiger partial charge in [0.1, 0.15) is 24.4 Å². The lowest BCUT2D eigenvalue weighted by molar-refractivity contribution is -0.277. The molecule has 1 aliphatic rings. The molecule has 0 radical (unpaired) electrons. The predicted molar refractivity (Wildman–Crippen MR) is 107 cm³/mol. The number of benzene rings is 2. The topological polar surface area (TPSA) is 197 Å². The molecule has 0 unspecified atom stereocenters. The molecule has 0 spiro atoms. The first-order chi connectivity index (χ1) is 15.1. The van der Waals surface area contributed by atoms with Crippen LogP contribution in [0.5, 0.6) is 28.7 Å². The van der Waals surface area contributed by atoms with Gasteiger partial charge in [-0.05, 0) is 36.2 Å². The smallest absolute Gasteiger partial charge is 0.229 e. The molecule has 11 nitrogen and oxygen atoms in total. The molecule has 0 aliphatic carbocycles. The van der Waals surface area contributed by atoms with Crippen LogP contribution in [0, 0.1) is 0 Å². The molecular weight excluding hydrogens is 428 g/mol. The van der Waals surface area contributed by atoms with Crippen LogP contribution in [0.3, 0.4) is 0 Å². The lowest BCUT2D eigenvalue weighted by Gasteiger charge is -2.39. The Morgan fingerprint density at radius 1 is 0.906 bits per heavy atom. The maximum atomic E-state index is 12.6. The van der Waals surface area contributed by atoms with Crippen LogP contribution in [-0.4, -0.2) is 83.9 Å². The maximum Gasteiger partial charge on any atom is 0.229 e. The Balaban J connectivity index is 1.77. The largest absolute Gasteiger partial charge is 0.504 e. The van der Waals surface area contributed by atoms with E-state index in [0.29, 0.717) is 5.56 Å². The molecule has 174 valence electrons. The third-order valence-electron chi connectivity index (χ3n) is 5.17. The van der Waals surface area contributed by atoms with Crippen molar-refractivity contribution in [3.05, 3.63) is 41.5 Å². The van der Waals surface area contributed by atoms with Crippen LogP contribution in [0.1, 0.15) is 22.3 Å². The van der Waals surface area contributed by atoms with E-state index < -0.39 is 60.3 Å². The standard InChI is InChI=1S/C21H24O11/c22-8-15-17(28)18(29)19(30)21(31-15)32-20-13(25)6-3-10(16(20)27)11(23)4-1-9-2-5-12(24)14(26)7-9/h2-3,5-7,15,17-19,21-22,24-30H,1,4,8H2/t15-,17-,18+,19-,21+/m1/s1. The van der Waals surface area contributed by atoms with Crippen LogP contribution in [0.25, 0.3) is 0 Å². The highest BCUT2D eigenvalue weighted by molar-refractivity contribution is 5.99. The van der Waals surface area contributed by atoms with Gasteiger partial charge in [0.25, 0.3) is 0 Å². The number of aryl methyl sites for hydroxylation is 1. The van der Waals surface area contributed by atoms with Crippen molar-refractivity contribution in [3.8, 4) is 28.7 Å². The highest BCUT2D eigenvalue weighted by Crippen LogP contribution is 2.41. The molecule has 3 rings (SSSR count). The van der Waals surface area contributed by atoms with Crippen molar-refractivity contribution in [2.45, 2.75) is 43.5 Å². The zero-order valence-electron chi connectivity index (χ0n) is 16.7. The van der Waals surface area contributed by atoms with Crippen molar-refractivity contribution in [1.82, 2.24) is 0 Å². The van der Waals surface area contributed by atoms with Crippen molar-refractivity contribution in [2.24, 2.45) is 0 Å². The van der Waals surface area contributed by atoms with E-state index in [9.17, 15) is 45.6 Å². The van der Waals surface area contributed by atoms with Gasteiger partial charge in [0, 0.05) is 6.42 Å². The van der Waals surface area contributed by atoms with E-state index in [4.69, 9.17) is 9.47 Å². The van der Waals surface area contributed by atoms with Crippen LogP contribution in [0.4, 0.5) is 0 Å². The average Bonchev–Trinajstić information content (AvgIpc) is 2.77. The SMILES string of the molecule is O=C(CCc1ccc(O)c(O)c1)c1ccc(O)c(O[C@@H]2O[C@H](CO)[C@@H](O)[C@H](O)[C@H]2O)c1O. The van der Waals surface area contributed by atoms with Crippen LogP contribution in [-0.2, 0) is 11.2 Å². The summed E-state index contributed by atoms with van der Waals surface area (Å²) in [4.78, 5) is 12.6. The van der Waals surface area contributed by atoms with Gasteiger partial charge in [0.2, 0.25) is 12.0 Å². The number of phenolic OH excluding ortho intramolecular Hbond substituents is 4. The number of ketones is 1. The highest BCUT2D eigenvalue weighted by atomic mass is 16.7. The van der Waals surface area contributed by atoms with Gasteiger partial charge in [-0.1, -0.05) is 6.07 Å². The highest BCUT2D eigenvalue weighted by Gasteiger charge is 2.45. The third-order valence-corrected chi connectivity index (χ3v) is 5.17. The fraction of sp³-hybridized carbons (Fsp3) is 0.381. The average molecular weight is 452 g/mol. The number of carbonyl (C=O) groups excluding carboxylic acids is 1. The first kappa shape index (κ1) is 23.6. The first-order valence-electron chi connectivity index (χ1n) is 9.70. The van der Waals surface area contributed by atoms with Crippen molar-refractivity contribution in [1.29, 1.82) is 0 Å². The summed E-state index contributed by atoms with van der Waals surface area (Å²) in [5.41, 5.74) is 0.357.